The Morgan fingerprint density at radius 2 is 1.75 bits per heavy atom. The van der Waals surface area contributed by atoms with Gasteiger partial charge in [0.25, 0.3) is 0 Å². The fourth-order valence-electron chi connectivity index (χ4n) is 0.913. The van der Waals surface area contributed by atoms with Gasteiger partial charge in [0.1, 0.15) is 0 Å². The summed E-state index contributed by atoms with van der Waals surface area (Å²) in [6, 6.07) is 0. The molecule has 0 aromatic heterocycles. The molecule has 0 rings (SSSR count). The van der Waals surface area contributed by atoms with Crippen molar-refractivity contribution in [3.8, 4) is 0 Å². The monoisotopic (exact) mass is 174 g/mol. The molecule has 0 saturated carbocycles. The third kappa shape index (κ3) is 9.52. The fourth-order valence-corrected chi connectivity index (χ4v) is 0.913. The molecule has 0 saturated heterocycles. The number of rotatable bonds is 9. The van der Waals surface area contributed by atoms with Gasteiger partial charge in [-0.3, -0.25) is 0 Å². The molecule has 0 atom stereocenters. The van der Waals surface area contributed by atoms with Crippen LogP contribution in [0.1, 0.15) is 25.7 Å². The molecule has 0 fully saturated rings. The highest BCUT2D eigenvalue weighted by Gasteiger charge is 1.89. The highest BCUT2D eigenvalue weighted by atomic mass is 16.3. The Morgan fingerprint density at radius 1 is 1.08 bits per heavy atom. The van der Waals surface area contributed by atoms with Crippen molar-refractivity contribution in [2.75, 3.05) is 26.2 Å². The van der Waals surface area contributed by atoms with E-state index < -0.39 is 0 Å². The van der Waals surface area contributed by atoms with Crippen LogP contribution in [0.25, 0.3) is 0 Å². The maximum atomic E-state index is 9.68. The summed E-state index contributed by atoms with van der Waals surface area (Å²) < 4.78 is 0. The van der Waals surface area contributed by atoms with Crippen LogP contribution in [0, 0.1) is 4.91 Å². The van der Waals surface area contributed by atoms with Gasteiger partial charge in [-0.1, -0.05) is 5.18 Å². The van der Waals surface area contributed by atoms with E-state index in [1.165, 1.54) is 0 Å². The lowest BCUT2D eigenvalue weighted by molar-refractivity contribution is 0.283. The second-order valence-corrected chi connectivity index (χ2v) is 2.74. The Kier molecular flexibility index (Phi) is 10.1. The van der Waals surface area contributed by atoms with Crippen molar-refractivity contribution in [1.82, 2.24) is 5.32 Å². The molecule has 12 heavy (non-hydrogen) atoms. The molecule has 4 nitrogen and oxygen atoms in total. The molecule has 0 aliphatic rings. The zero-order valence-electron chi connectivity index (χ0n) is 7.46. The minimum Gasteiger partial charge on any atom is -0.396 e. The average molecular weight is 174 g/mol. The predicted molar refractivity (Wildman–Crippen MR) is 49.1 cm³/mol. The number of nitrogens with zero attached hydrogens (tertiary/aromatic N) is 1. The fraction of sp³-hybridized carbons (Fsp3) is 1.00. The van der Waals surface area contributed by atoms with E-state index in [2.05, 4.69) is 10.5 Å². The van der Waals surface area contributed by atoms with Crippen LogP contribution in [0.5, 0.6) is 0 Å². The van der Waals surface area contributed by atoms with Crippen LogP contribution >= 0.6 is 0 Å². The minimum atomic E-state index is 0.275. The van der Waals surface area contributed by atoms with Crippen molar-refractivity contribution in [2.45, 2.75) is 25.7 Å². The van der Waals surface area contributed by atoms with E-state index >= 15 is 0 Å². The van der Waals surface area contributed by atoms with Gasteiger partial charge in [-0.05, 0) is 38.8 Å². The molecule has 0 bridgehead atoms. The van der Waals surface area contributed by atoms with Crippen LogP contribution in [0.2, 0.25) is 0 Å². The smallest absolute Gasteiger partial charge is 0.0811 e. The molecule has 0 aliphatic carbocycles. The second kappa shape index (κ2) is 10.5. The van der Waals surface area contributed by atoms with Gasteiger partial charge in [0.15, 0.2) is 0 Å². The van der Waals surface area contributed by atoms with Crippen molar-refractivity contribution in [1.29, 1.82) is 0 Å². The van der Waals surface area contributed by atoms with Crippen molar-refractivity contribution in [3.05, 3.63) is 4.91 Å². The van der Waals surface area contributed by atoms with Gasteiger partial charge < -0.3 is 10.4 Å². The van der Waals surface area contributed by atoms with Crippen LogP contribution in [0.4, 0.5) is 0 Å². The minimum absolute atomic E-state index is 0.275. The molecule has 0 aliphatic heterocycles. The lowest BCUT2D eigenvalue weighted by Crippen LogP contribution is -2.17. The zero-order chi connectivity index (χ0) is 9.07. The predicted octanol–water partition coefficient (Wildman–Crippen LogP) is 0.895. The number of hydrogen-bond donors (Lipinski definition) is 2. The molecule has 0 heterocycles. The lowest BCUT2D eigenvalue weighted by atomic mass is 10.3. The molecule has 72 valence electrons. The molecule has 2 N–H and O–H groups in total. The zero-order valence-corrected chi connectivity index (χ0v) is 7.46. The second-order valence-electron chi connectivity index (χ2n) is 2.74. The molecule has 0 unspecified atom stereocenters. The van der Waals surface area contributed by atoms with E-state index in [4.69, 9.17) is 5.11 Å². The molecule has 4 heteroatoms. The molecule has 0 amide bonds. The number of nitrogens with one attached hydrogen (secondary N) is 1. The molecule has 0 aromatic rings. The van der Waals surface area contributed by atoms with E-state index in [-0.39, 0.29) is 6.61 Å². The average Bonchev–Trinajstić information content (AvgIpc) is 2.10. The molecular weight excluding hydrogens is 156 g/mol. The first-order valence-corrected chi connectivity index (χ1v) is 4.52. The number of unbranched alkanes of at least 4 members (excludes halogenated alkanes) is 2. The van der Waals surface area contributed by atoms with E-state index in [1.54, 1.807) is 0 Å². The summed E-state index contributed by atoms with van der Waals surface area (Å²) in [4.78, 5) is 9.68. The van der Waals surface area contributed by atoms with Crippen LogP contribution in [-0.2, 0) is 0 Å². The maximum absolute atomic E-state index is 9.68. The third-order valence-electron chi connectivity index (χ3n) is 1.61. The lowest BCUT2D eigenvalue weighted by Gasteiger charge is -2.01. The van der Waals surface area contributed by atoms with E-state index in [1.807, 2.05) is 0 Å². The van der Waals surface area contributed by atoms with Gasteiger partial charge >= 0.3 is 0 Å². The summed E-state index contributed by atoms with van der Waals surface area (Å²) in [5, 5.41) is 14.5. The number of aliphatic hydroxyl groups is 1. The molecular formula is C8H18N2O2. The van der Waals surface area contributed by atoms with Crippen molar-refractivity contribution < 1.29 is 5.11 Å². The standard InChI is InChI=1S/C8H18N2O2/c11-8-4-3-6-9-5-1-2-7-10-12/h9,11H,1-8H2. The Balaban J connectivity index is 2.77. The van der Waals surface area contributed by atoms with Crippen LogP contribution < -0.4 is 5.32 Å². The molecule has 0 aromatic carbocycles. The van der Waals surface area contributed by atoms with Crippen LogP contribution in [0.15, 0.2) is 5.18 Å². The Hall–Kier alpha value is -0.480. The van der Waals surface area contributed by atoms with Gasteiger partial charge in [-0.2, -0.15) is 4.91 Å². The summed E-state index contributed by atoms with van der Waals surface area (Å²) in [5.74, 6) is 0. The molecule has 0 radical (unpaired) electrons. The Labute approximate surface area is 73.3 Å². The summed E-state index contributed by atoms with van der Waals surface area (Å²) in [7, 11) is 0. The van der Waals surface area contributed by atoms with Gasteiger partial charge in [-0.25, -0.2) is 0 Å². The Morgan fingerprint density at radius 3 is 2.33 bits per heavy atom. The third-order valence-corrected chi connectivity index (χ3v) is 1.61. The highest BCUT2D eigenvalue weighted by molar-refractivity contribution is 4.50. The van der Waals surface area contributed by atoms with E-state index in [9.17, 15) is 4.91 Å². The Bertz CT molecular complexity index is 99.1. The van der Waals surface area contributed by atoms with Gasteiger partial charge in [-0.15, -0.1) is 0 Å². The largest absolute Gasteiger partial charge is 0.396 e. The first kappa shape index (κ1) is 11.5. The number of aliphatic hydroxyl groups excluding tert-OH is 1. The summed E-state index contributed by atoms with van der Waals surface area (Å²) >= 11 is 0. The van der Waals surface area contributed by atoms with E-state index in [0.29, 0.717) is 6.54 Å². The highest BCUT2D eigenvalue weighted by Crippen LogP contribution is 1.88. The summed E-state index contributed by atoms with van der Waals surface area (Å²) in [6.07, 6.45) is 3.76. The summed E-state index contributed by atoms with van der Waals surface area (Å²) in [6.45, 7) is 2.60. The van der Waals surface area contributed by atoms with Crippen molar-refractivity contribution in [3.63, 3.8) is 0 Å². The molecule has 0 spiro atoms. The van der Waals surface area contributed by atoms with E-state index in [0.717, 1.165) is 38.8 Å². The number of nitroso groups, excluding NO2 is 1. The van der Waals surface area contributed by atoms with Gasteiger partial charge in [0.2, 0.25) is 0 Å². The van der Waals surface area contributed by atoms with Gasteiger partial charge in [0, 0.05) is 6.61 Å². The topological polar surface area (TPSA) is 61.7 Å². The number of hydrogen-bond acceptors (Lipinski definition) is 4. The van der Waals surface area contributed by atoms with Crippen molar-refractivity contribution >= 4 is 0 Å². The van der Waals surface area contributed by atoms with Crippen LogP contribution in [0.3, 0.4) is 0 Å². The maximum Gasteiger partial charge on any atom is 0.0811 e. The SMILES string of the molecule is O=NCCCCNCCCCO. The quantitative estimate of drug-likeness (QED) is 0.403. The summed E-state index contributed by atoms with van der Waals surface area (Å²) in [5.41, 5.74) is 0. The first-order valence-electron chi connectivity index (χ1n) is 4.52. The normalized spacial score (nSPS) is 10.1. The van der Waals surface area contributed by atoms with Crippen molar-refractivity contribution in [2.24, 2.45) is 5.18 Å². The van der Waals surface area contributed by atoms with Gasteiger partial charge in [0.05, 0.1) is 6.54 Å². The first-order chi connectivity index (χ1) is 5.91. The van der Waals surface area contributed by atoms with Crippen LogP contribution in [-0.4, -0.2) is 31.3 Å².